The lowest BCUT2D eigenvalue weighted by Crippen LogP contribution is -2.38. The van der Waals surface area contributed by atoms with Crippen LogP contribution in [-0.2, 0) is 23.4 Å². The summed E-state index contributed by atoms with van der Waals surface area (Å²) in [6.45, 7) is 7.48. The van der Waals surface area contributed by atoms with Crippen LogP contribution in [0.25, 0.3) is 0 Å². The van der Waals surface area contributed by atoms with E-state index < -0.39 is 31.4 Å². The van der Waals surface area contributed by atoms with Gasteiger partial charge in [-0.3, -0.25) is 9.36 Å². The van der Waals surface area contributed by atoms with E-state index in [0.29, 0.717) is 18.8 Å². The first-order chi connectivity index (χ1) is 14.2. The maximum absolute atomic E-state index is 12.9. The molecule has 7 nitrogen and oxygen atoms in total. The maximum atomic E-state index is 12.9. The van der Waals surface area contributed by atoms with Crippen LogP contribution in [0.4, 0.5) is 4.79 Å². The minimum absolute atomic E-state index is 0.0530. The smallest absolute Gasteiger partial charge is 0.408 e. The predicted octanol–water partition coefficient (Wildman–Crippen LogP) is 5.67. The molecule has 0 aromatic rings. The molecule has 0 aromatic carbocycles. The van der Waals surface area contributed by atoms with Gasteiger partial charge >= 0.3 is 12.1 Å². The lowest BCUT2D eigenvalue weighted by molar-refractivity contribution is -0.146. The van der Waals surface area contributed by atoms with E-state index in [1.165, 1.54) is 32.8 Å². The minimum atomic E-state index is -2.60. The summed E-state index contributed by atoms with van der Waals surface area (Å²) in [4.78, 5) is 24.3. The number of hydrogen-bond acceptors (Lipinski definition) is 6. The number of carbonyl (C=O) groups excluding carboxylic acids is 2. The van der Waals surface area contributed by atoms with Crippen molar-refractivity contribution in [3.05, 3.63) is 0 Å². The highest BCUT2D eigenvalue weighted by Gasteiger charge is 2.27. The molecule has 0 bridgehead atoms. The van der Waals surface area contributed by atoms with Crippen LogP contribution in [0.1, 0.15) is 91.9 Å². The van der Waals surface area contributed by atoms with Crippen molar-refractivity contribution in [3.8, 4) is 0 Å². The van der Waals surface area contributed by atoms with Crippen molar-refractivity contribution in [1.29, 1.82) is 0 Å². The van der Waals surface area contributed by atoms with E-state index in [4.69, 9.17) is 14.0 Å². The van der Waals surface area contributed by atoms with Crippen LogP contribution in [-0.4, -0.2) is 37.2 Å². The summed E-state index contributed by atoms with van der Waals surface area (Å²) in [5.41, 5.74) is -0.634. The van der Waals surface area contributed by atoms with Crippen molar-refractivity contribution in [2.24, 2.45) is 11.8 Å². The second-order valence-electron chi connectivity index (χ2n) is 9.27. The molecule has 30 heavy (non-hydrogen) atoms. The predicted molar refractivity (Wildman–Crippen MR) is 119 cm³/mol. The average molecular weight is 448 g/mol. The monoisotopic (exact) mass is 447 g/mol. The summed E-state index contributed by atoms with van der Waals surface area (Å²) in [6.07, 6.45) is 9.36. The van der Waals surface area contributed by atoms with Crippen LogP contribution < -0.4 is 5.32 Å². The molecule has 3 atom stereocenters. The Morgan fingerprint density at radius 3 is 2.37 bits per heavy atom. The highest BCUT2D eigenvalue weighted by atomic mass is 31.1. The fourth-order valence-electron chi connectivity index (χ4n) is 3.75. The van der Waals surface area contributed by atoms with Crippen LogP contribution in [0.2, 0.25) is 0 Å². The van der Waals surface area contributed by atoms with E-state index in [1.54, 1.807) is 20.8 Å². The van der Waals surface area contributed by atoms with E-state index >= 15 is 0 Å². The molecule has 0 heterocycles. The van der Waals surface area contributed by atoms with Crippen LogP contribution in [0.3, 0.4) is 0 Å². The molecule has 0 saturated heterocycles. The molecule has 1 rings (SSSR count). The zero-order valence-corrected chi connectivity index (χ0v) is 20.5. The third-order valence-electron chi connectivity index (χ3n) is 5.43. The third-order valence-corrected chi connectivity index (χ3v) is 6.88. The van der Waals surface area contributed by atoms with Crippen LogP contribution in [0.15, 0.2) is 0 Å². The van der Waals surface area contributed by atoms with E-state index in [0.717, 1.165) is 25.7 Å². The Hall–Kier alpha value is -1.07. The van der Waals surface area contributed by atoms with Gasteiger partial charge in [-0.1, -0.05) is 51.9 Å². The molecule has 1 saturated carbocycles. The van der Waals surface area contributed by atoms with E-state index in [2.05, 4.69) is 12.2 Å². The Bertz CT molecular complexity index is 542. The summed E-state index contributed by atoms with van der Waals surface area (Å²) in [5, 5.41) is 2.71. The first-order valence-corrected chi connectivity index (χ1v) is 12.8. The maximum Gasteiger partial charge on any atom is 0.408 e. The topological polar surface area (TPSA) is 90.9 Å². The third kappa shape index (κ3) is 11.4. The summed E-state index contributed by atoms with van der Waals surface area (Å²) in [6, 6.07) is 0. The SMILES string of the molecule is CCCCCC(NC(=O)OC(C)(C)C)[PH](=O)OCC(CCC1CCCC1)C(=O)OC. The fraction of sp³-hybridized carbons (Fsp3) is 0.909. The lowest BCUT2D eigenvalue weighted by Gasteiger charge is -2.24. The lowest BCUT2D eigenvalue weighted by atomic mass is 9.95. The molecule has 0 aliphatic heterocycles. The largest absolute Gasteiger partial charge is 0.469 e. The number of rotatable bonds is 13. The molecule has 1 amide bonds. The molecule has 1 N–H and O–H groups in total. The standard InChI is InChI=1S/C22H42NO6P/c1-6-7-8-13-19(23-21(25)29-22(2,3)4)30(26)28-16-18(20(24)27-5)15-14-17-11-9-10-12-17/h17-19,30H,6-16H2,1-5H3,(H,23,25). The minimum Gasteiger partial charge on any atom is -0.469 e. The van der Waals surface area contributed by atoms with Gasteiger partial charge in [-0.2, -0.15) is 0 Å². The van der Waals surface area contributed by atoms with Gasteiger partial charge in [-0.25, -0.2) is 4.79 Å². The Kier molecular flexibility index (Phi) is 12.7. The number of hydrogen-bond donors (Lipinski definition) is 1. The molecule has 1 aliphatic rings. The number of esters is 1. The molecule has 0 spiro atoms. The molecule has 3 unspecified atom stereocenters. The van der Waals surface area contributed by atoms with E-state index in [1.807, 2.05) is 0 Å². The van der Waals surface area contributed by atoms with Crippen molar-refractivity contribution in [2.45, 2.75) is 103 Å². The normalized spacial score (nSPS) is 17.9. The molecule has 1 aliphatic carbocycles. The van der Waals surface area contributed by atoms with Gasteiger partial charge in [0.2, 0.25) is 8.03 Å². The van der Waals surface area contributed by atoms with Gasteiger partial charge in [-0.05, 0) is 46.0 Å². The Morgan fingerprint density at radius 1 is 1.13 bits per heavy atom. The molecule has 1 fully saturated rings. The van der Waals surface area contributed by atoms with Crippen molar-refractivity contribution in [2.75, 3.05) is 13.7 Å². The zero-order valence-electron chi connectivity index (χ0n) is 19.5. The van der Waals surface area contributed by atoms with Crippen molar-refractivity contribution in [3.63, 3.8) is 0 Å². The molecule has 0 radical (unpaired) electrons. The van der Waals surface area contributed by atoms with Gasteiger partial charge in [0.15, 0.2) is 0 Å². The fourth-order valence-corrected chi connectivity index (χ4v) is 4.99. The zero-order chi connectivity index (χ0) is 22.6. The van der Waals surface area contributed by atoms with Gasteiger partial charge in [0.05, 0.1) is 19.6 Å². The quantitative estimate of drug-likeness (QED) is 0.222. The van der Waals surface area contributed by atoms with Crippen molar-refractivity contribution >= 4 is 20.1 Å². The molecule has 0 aromatic heterocycles. The average Bonchev–Trinajstić information content (AvgIpc) is 3.18. The summed E-state index contributed by atoms with van der Waals surface area (Å²) >= 11 is 0. The summed E-state index contributed by atoms with van der Waals surface area (Å²) < 4.78 is 28.7. The first kappa shape index (κ1) is 27.0. The molecule has 8 heteroatoms. The van der Waals surface area contributed by atoms with Crippen LogP contribution >= 0.6 is 8.03 Å². The van der Waals surface area contributed by atoms with Gasteiger partial charge in [0.25, 0.3) is 0 Å². The van der Waals surface area contributed by atoms with Gasteiger partial charge in [-0.15, -0.1) is 0 Å². The summed E-state index contributed by atoms with van der Waals surface area (Å²) in [7, 11) is -1.23. The Labute approximate surface area is 182 Å². The van der Waals surface area contributed by atoms with E-state index in [9.17, 15) is 14.2 Å². The molecular formula is C22H42NO6P. The number of alkyl carbamates (subject to hydrolysis) is 1. The van der Waals surface area contributed by atoms with Gasteiger partial charge in [0.1, 0.15) is 11.4 Å². The number of carbonyl (C=O) groups is 2. The number of ether oxygens (including phenoxy) is 2. The summed E-state index contributed by atoms with van der Waals surface area (Å²) in [5.74, 6) is -0.706. The number of unbranched alkanes of at least 4 members (excludes halogenated alkanes) is 2. The van der Waals surface area contributed by atoms with Crippen LogP contribution in [0, 0.1) is 11.8 Å². The second kappa shape index (κ2) is 14.1. The van der Waals surface area contributed by atoms with Crippen molar-refractivity contribution in [1.82, 2.24) is 5.32 Å². The van der Waals surface area contributed by atoms with Gasteiger partial charge in [0, 0.05) is 0 Å². The molecule has 176 valence electrons. The number of methoxy groups -OCH3 is 1. The van der Waals surface area contributed by atoms with E-state index in [-0.39, 0.29) is 12.6 Å². The Balaban J connectivity index is 2.63. The van der Waals surface area contributed by atoms with Crippen molar-refractivity contribution < 1.29 is 28.2 Å². The second-order valence-corrected chi connectivity index (χ2v) is 10.9. The number of nitrogens with one attached hydrogen (secondary N) is 1. The first-order valence-electron chi connectivity index (χ1n) is 11.4. The highest BCUT2D eigenvalue weighted by molar-refractivity contribution is 7.40. The highest BCUT2D eigenvalue weighted by Crippen LogP contribution is 2.34. The molecular weight excluding hydrogens is 405 g/mol. The van der Waals surface area contributed by atoms with Crippen LogP contribution in [0.5, 0.6) is 0 Å². The van der Waals surface area contributed by atoms with Gasteiger partial charge < -0.3 is 19.3 Å². The Morgan fingerprint density at radius 2 is 1.80 bits per heavy atom. The number of amides is 1.